The summed E-state index contributed by atoms with van der Waals surface area (Å²) >= 11 is 8.63. The largest absolute Gasteiger partial charge is 0.370 e. The van der Waals surface area contributed by atoms with E-state index in [1.54, 1.807) is 0 Å². The van der Waals surface area contributed by atoms with E-state index < -0.39 is 0 Å². The molecule has 1 atom stereocenters. The molecule has 1 N–H and O–H groups in total. The summed E-state index contributed by atoms with van der Waals surface area (Å²) in [6.07, 6.45) is -0.0824. The third kappa shape index (κ3) is 3.60. The molecule has 96 valence electrons. The average molecular weight is 319 g/mol. The van der Waals surface area contributed by atoms with Gasteiger partial charge in [-0.2, -0.15) is 0 Å². The summed E-state index contributed by atoms with van der Waals surface area (Å²) < 4.78 is 7.21. The maximum Gasteiger partial charge on any atom is 0.144 e. The first-order chi connectivity index (χ1) is 7.77. The minimum Gasteiger partial charge on any atom is -0.370 e. The molecule has 1 unspecified atom stereocenters. The zero-order valence-electron chi connectivity index (χ0n) is 10.9. The lowest BCUT2D eigenvalue weighted by Crippen LogP contribution is -2.24. The second kappa shape index (κ2) is 5.59. The van der Waals surface area contributed by atoms with Crippen molar-refractivity contribution in [1.82, 2.24) is 9.97 Å². The number of H-pyrrole nitrogens is 1. The number of hydrogen-bond donors (Lipinski definition) is 1. The zero-order chi connectivity index (χ0) is 13.2. The maximum atomic E-state index is 5.79. The maximum absolute atomic E-state index is 5.79. The molecule has 3 nitrogen and oxygen atoms in total. The van der Waals surface area contributed by atoms with Crippen LogP contribution in [0.25, 0.3) is 0 Å². The molecule has 1 aromatic rings. The summed E-state index contributed by atoms with van der Waals surface area (Å²) in [5.41, 5.74) is 0.954. The number of aryl methyl sites for hydroxylation is 1. The number of halogens is 1. The van der Waals surface area contributed by atoms with Gasteiger partial charge in [-0.1, -0.05) is 33.0 Å². The van der Waals surface area contributed by atoms with Gasteiger partial charge in [-0.3, -0.25) is 0 Å². The molecule has 5 heteroatoms. The summed E-state index contributed by atoms with van der Waals surface area (Å²) in [6, 6.07) is 0. The first-order valence-corrected chi connectivity index (χ1v) is 6.85. The van der Waals surface area contributed by atoms with Crippen LogP contribution in [0.5, 0.6) is 0 Å². The SMILES string of the molecule is CCOC(c1nc(=S)c(Br)c(C)[nH]1)C(C)(C)C. The van der Waals surface area contributed by atoms with Gasteiger partial charge in [0.15, 0.2) is 0 Å². The zero-order valence-corrected chi connectivity index (χ0v) is 13.3. The quantitative estimate of drug-likeness (QED) is 0.843. The van der Waals surface area contributed by atoms with Crippen LogP contribution in [0.4, 0.5) is 0 Å². The summed E-state index contributed by atoms with van der Waals surface area (Å²) in [5, 5.41) is 0. The summed E-state index contributed by atoms with van der Waals surface area (Å²) in [5.74, 6) is 0.796. The van der Waals surface area contributed by atoms with Crippen LogP contribution in [0, 0.1) is 17.0 Å². The van der Waals surface area contributed by atoms with E-state index in [0.717, 1.165) is 16.0 Å². The van der Waals surface area contributed by atoms with Gasteiger partial charge in [0.2, 0.25) is 0 Å². The Labute approximate surface area is 116 Å². The predicted octanol–water partition coefficient (Wildman–Crippen LogP) is 4.33. The van der Waals surface area contributed by atoms with E-state index in [1.807, 2.05) is 13.8 Å². The molecule has 17 heavy (non-hydrogen) atoms. The molecular formula is C12H19BrN2OS. The molecule has 1 rings (SSSR count). The molecule has 0 radical (unpaired) electrons. The number of aromatic amines is 1. The van der Waals surface area contributed by atoms with E-state index in [0.29, 0.717) is 11.2 Å². The monoisotopic (exact) mass is 318 g/mol. The van der Waals surface area contributed by atoms with Crippen molar-refractivity contribution in [1.29, 1.82) is 0 Å². The Morgan fingerprint density at radius 3 is 2.47 bits per heavy atom. The van der Waals surface area contributed by atoms with E-state index in [4.69, 9.17) is 17.0 Å². The highest BCUT2D eigenvalue weighted by Gasteiger charge is 2.29. The smallest absolute Gasteiger partial charge is 0.144 e. The van der Waals surface area contributed by atoms with Crippen molar-refractivity contribution in [3.8, 4) is 0 Å². The number of nitrogens with zero attached hydrogens (tertiary/aromatic N) is 1. The first-order valence-electron chi connectivity index (χ1n) is 5.65. The van der Waals surface area contributed by atoms with E-state index in [9.17, 15) is 0 Å². The van der Waals surface area contributed by atoms with Gasteiger partial charge in [0, 0.05) is 12.3 Å². The van der Waals surface area contributed by atoms with Crippen molar-refractivity contribution < 1.29 is 4.74 Å². The van der Waals surface area contributed by atoms with Gasteiger partial charge in [0.25, 0.3) is 0 Å². The van der Waals surface area contributed by atoms with Crippen molar-refractivity contribution in [2.45, 2.75) is 40.7 Å². The first kappa shape index (κ1) is 14.8. The molecule has 0 aliphatic rings. The Balaban J connectivity index is 3.25. The Morgan fingerprint density at radius 2 is 2.06 bits per heavy atom. The lowest BCUT2D eigenvalue weighted by atomic mass is 9.88. The van der Waals surface area contributed by atoms with Crippen LogP contribution < -0.4 is 0 Å². The lowest BCUT2D eigenvalue weighted by molar-refractivity contribution is -0.0193. The van der Waals surface area contributed by atoms with E-state index >= 15 is 0 Å². The van der Waals surface area contributed by atoms with Crippen LogP contribution in [0.15, 0.2) is 4.47 Å². The van der Waals surface area contributed by atoms with Crippen LogP contribution in [0.3, 0.4) is 0 Å². The molecule has 0 aliphatic heterocycles. The normalized spacial score (nSPS) is 13.8. The topological polar surface area (TPSA) is 37.9 Å². The summed E-state index contributed by atoms with van der Waals surface area (Å²) in [7, 11) is 0. The third-order valence-corrected chi connectivity index (χ3v) is 3.95. The van der Waals surface area contributed by atoms with E-state index in [-0.39, 0.29) is 11.5 Å². The minimum absolute atomic E-state index is 0.0262. The number of ether oxygens (including phenoxy) is 1. The van der Waals surface area contributed by atoms with Crippen molar-refractivity contribution in [2.75, 3.05) is 6.61 Å². The fourth-order valence-electron chi connectivity index (χ4n) is 1.62. The summed E-state index contributed by atoms with van der Waals surface area (Å²) in [6.45, 7) is 11.0. The van der Waals surface area contributed by atoms with E-state index in [1.165, 1.54) is 0 Å². The van der Waals surface area contributed by atoms with Gasteiger partial charge in [-0.25, -0.2) is 4.98 Å². The Hall–Kier alpha value is -0.260. The highest BCUT2D eigenvalue weighted by molar-refractivity contribution is 9.10. The van der Waals surface area contributed by atoms with Crippen LogP contribution in [-0.4, -0.2) is 16.6 Å². The van der Waals surface area contributed by atoms with Gasteiger partial charge in [0.1, 0.15) is 16.6 Å². The number of aromatic nitrogens is 2. The van der Waals surface area contributed by atoms with Gasteiger partial charge >= 0.3 is 0 Å². The number of hydrogen-bond acceptors (Lipinski definition) is 3. The van der Waals surface area contributed by atoms with Gasteiger partial charge in [0.05, 0.1) is 4.47 Å². The molecule has 1 aromatic heterocycles. The minimum atomic E-state index is -0.0824. The fourth-order valence-corrected chi connectivity index (χ4v) is 2.06. The number of rotatable bonds is 3. The molecule has 0 saturated carbocycles. The molecule has 0 aliphatic carbocycles. The predicted molar refractivity (Wildman–Crippen MR) is 75.7 cm³/mol. The van der Waals surface area contributed by atoms with Crippen molar-refractivity contribution in [3.05, 3.63) is 20.6 Å². The third-order valence-electron chi connectivity index (χ3n) is 2.42. The second-order valence-corrected chi connectivity index (χ2v) is 6.25. The Bertz CT molecular complexity index is 451. The Kier molecular flexibility index (Phi) is 4.86. The van der Waals surface area contributed by atoms with Crippen molar-refractivity contribution >= 4 is 28.1 Å². The molecule has 0 bridgehead atoms. The molecule has 0 fully saturated rings. The number of nitrogens with one attached hydrogen (secondary N) is 1. The van der Waals surface area contributed by atoms with Crippen LogP contribution in [0.2, 0.25) is 0 Å². The molecule has 0 saturated heterocycles. The van der Waals surface area contributed by atoms with Crippen LogP contribution in [-0.2, 0) is 4.74 Å². The van der Waals surface area contributed by atoms with Crippen LogP contribution >= 0.6 is 28.1 Å². The van der Waals surface area contributed by atoms with Crippen molar-refractivity contribution in [2.24, 2.45) is 5.41 Å². The Morgan fingerprint density at radius 1 is 1.47 bits per heavy atom. The summed E-state index contributed by atoms with van der Waals surface area (Å²) in [4.78, 5) is 7.66. The van der Waals surface area contributed by atoms with Crippen LogP contribution in [0.1, 0.15) is 45.3 Å². The van der Waals surface area contributed by atoms with Gasteiger partial charge in [-0.05, 0) is 35.2 Å². The second-order valence-electron chi connectivity index (χ2n) is 5.07. The fraction of sp³-hybridized carbons (Fsp3) is 0.667. The van der Waals surface area contributed by atoms with E-state index in [2.05, 4.69) is 46.7 Å². The van der Waals surface area contributed by atoms with Gasteiger partial charge < -0.3 is 9.72 Å². The highest BCUT2D eigenvalue weighted by atomic mass is 79.9. The molecule has 0 amide bonds. The molecular weight excluding hydrogens is 300 g/mol. The average Bonchev–Trinajstić information content (AvgIpc) is 2.20. The van der Waals surface area contributed by atoms with Crippen molar-refractivity contribution in [3.63, 3.8) is 0 Å². The lowest BCUT2D eigenvalue weighted by Gasteiger charge is -2.29. The molecule has 0 spiro atoms. The van der Waals surface area contributed by atoms with Gasteiger partial charge in [-0.15, -0.1) is 0 Å². The molecule has 0 aromatic carbocycles. The highest BCUT2D eigenvalue weighted by Crippen LogP contribution is 2.34. The molecule has 1 heterocycles. The standard InChI is InChI=1S/C12H19BrN2OS/c1-6-16-9(12(3,4)5)10-14-7(2)8(13)11(17)15-10/h9H,6H2,1-5H3,(H,14,15,17).